The summed E-state index contributed by atoms with van der Waals surface area (Å²) < 4.78 is 0. The van der Waals surface area contributed by atoms with Gasteiger partial charge in [-0.3, -0.25) is 0 Å². The van der Waals surface area contributed by atoms with Crippen molar-refractivity contribution in [1.82, 2.24) is 0 Å². The van der Waals surface area contributed by atoms with Crippen LogP contribution in [0.5, 0.6) is 0 Å². The van der Waals surface area contributed by atoms with Gasteiger partial charge in [0.05, 0.1) is 0 Å². The van der Waals surface area contributed by atoms with Crippen molar-refractivity contribution >= 4 is 0 Å². The van der Waals surface area contributed by atoms with Crippen LogP contribution in [0.4, 0.5) is 0 Å². The van der Waals surface area contributed by atoms with Gasteiger partial charge < -0.3 is 0 Å². The second kappa shape index (κ2) is 9.00. The van der Waals surface area contributed by atoms with Gasteiger partial charge in [-0.2, -0.15) is 0 Å². The molecule has 0 fully saturated rings. The second-order valence-electron chi connectivity index (χ2n) is 6.64. The van der Waals surface area contributed by atoms with Crippen molar-refractivity contribution in [2.45, 2.75) is 72.6 Å². The molecule has 0 bridgehead atoms. The number of rotatable bonds is 7. The normalized spacial score (nSPS) is 18.2. The summed E-state index contributed by atoms with van der Waals surface area (Å²) in [5, 5.41) is 0. The van der Waals surface area contributed by atoms with Gasteiger partial charge in [-0.1, -0.05) is 47.1 Å². The van der Waals surface area contributed by atoms with Crippen molar-refractivity contribution in [2.24, 2.45) is 5.92 Å². The lowest BCUT2D eigenvalue weighted by Crippen LogP contribution is -2.09. The van der Waals surface area contributed by atoms with Gasteiger partial charge in [0.15, 0.2) is 0 Å². The zero-order valence-corrected chi connectivity index (χ0v) is 14.0. The summed E-state index contributed by atoms with van der Waals surface area (Å²) in [7, 11) is 0. The molecule has 1 aliphatic rings. The molecular weight excluding hydrogens is 240 g/mol. The van der Waals surface area contributed by atoms with Crippen LogP contribution in [-0.2, 0) is 0 Å². The number of allylic oxidation sites excluding steroid dienone is 7. The molecule has 0 aromatic carbocycles. The van der Waals surface area contributed by atoms with Gasteiger partial charge in [0.25, 0.3) is 0 Å². The Morgan fingerprint density at radius 3 is 2.45 bits per heavy atom. The Hall–Kier alpha value is -1.04. The first kappa shape index (κ1) is 17.0. The van der Waals surface area contributed by atoms with Crippen LogP contribution in [0.25, 0.3) is 0 Å². The molecular formula is C20H32. The number of hydrogen-bond acceptors (Lipinski definition) is 0. The van der Waals surface area contributed by atoms with E-state index in [1.165, 1.54) is 48.8 Å². The van der Waals surface area contributed by atoms with E-state index in [0.717, 1.165) is 18.8 Å². The van der Waals surface area contributed by atoms with Crippen LogP contribution in [0.3, 0.4) is 0 Å². The summed E-state index contributed by atoms with van der Waals surface area (Å²) in [6, 6.07) is 0. The molecule has 0 aromatic heterocycles. The third-order valence-electron chi connectivity index (χ3n) is 4.07. The lowest BCUT2D eigenvalue weighted by Gasteiger charge is -2.24. The van der Waals surface area contributed by atoms with E-state index in [9.17, 15) is 0 Å². The summed E-state index contributed by atoms with van der Waals surface area (Å²) >= 11 is 0. The molecule has 0 aliphatic heterocycles. The van der Waals surface area contributed by atoms with Crippen molar-refractivity contribution in [2.75, 3.05) is 0 Å². The van der Waals surface area contributed by atoms with Gasteiger partial charge in [-0.25, -0.2) is 0 Å². The highest BCUT2D eigenvalue weighted by molar-refractivity contribution is 5.15. The van der Waals surface area contributed by atoms with Crippen LogP contribution in [0.2, 0.25) is 0 Å². The van der Waals surface area contributed by atoms with Gasteiger partial charge in [-0.05, 0) is 78.6 Å². The van der Waals surface area contributed by atoms with Crippen LogP contribution in [0.1, 0.15) is 72.6 Å². The minimum atomic E-state index is 0.729. The van der Waals surface area contributed by atoms with E-state index in [1.807, 2.05) is 0 Å². The fourth-order valence-electron chi connectivity index (χ4n) is 2.84. The molecule has 112 valence electrons. The van der Waals surface area contributed by atoms with Crippen molar-refractivity contribution in [3.63, 3.8) is 0 Å². The number of hydrogen-bond donors (Lipinski definition) is 0. The summed E-state index contributed by atoms with van der Waals surface area (Å²) in [5.41, 5.74) is 5.98. The molecule has 0 saturated carbocycles. The van der Waals surface area contributed by atoms with E-state index >= 15 is 0 Å². The van der Waals surface area contributed by atoms with E-state index in [1.54, 1.807) is 5.57 Å². The van der Waals surface area contributed by atoms with Gasteiger partial charge in [0, 0.05) is 0 Å². The molecule has 0 amide bonds. The Morgan fingerprint density at radius 2 is 1.80 bits per heavy atom. The Bertz CT molecular complexity index is 396. The second-order valence-corrected chi connectivity index (χ2v) is 6.64. The Balaban J connectivity index is 2.39. The van der Waals surface area contributed by atoms with Crippen LogP contribution < -0.4 is 0 Å². The summed E-state index contributed by atoms with van der Waals surface area (Å²) in [6.45, 7) is 13.1. The Morgan fingerprint density at radius 1 is 1.15 bits per heavy atom. The van der Waals surface area contributed by atoms with Gasteiger partial charge in [0.1, 0.15) is 0 Å². The maximum absolute atomic E-state index is 4.35. The quantitative estimate of drug-likeness (QED) is 0.449. The van der Waals surface area contributed by atoms with Crippen molar-refractivity contribution < 1.29 is 0 Å². The van der Waals surface area contributed by atoms with Gasteiger partial charge in [-0.15, -0.1) is 0 Å². The van der Waals surface area contributed by atoms with Crippen molar-refractivity contribution in [3.05, 3.63) is 47.1 Å². The van der Waals surface area contributed by atoms with E-state index in [4.69, 9.17) is 0 Å². The third kappa shape index (κ3) is 6.93. The highest BCUT2D eigenvalue weighted by Gasteiger charge is 2.17. The van der Waals surface area contributed by atoms with E-state index in [2.05, 4.69) is 52.5 Å². The molecule has 1 unspecified atom stereocenters. The first-order valence-electron chi connectivity index (χ1n) is 8.11. The molecule has 0 heterocycles. The van der Waals surface area contributed by atoms with E-state index in [0.29, 0.717) is 0 Å². The van der Waals surface area contributed by atoms with E-state index in [-0.39, 0.29) is 0 Å². The lowest BCUT2D eigenvalue weighted by atomic mass is 9.81. The summed E-state index contributed by atoms with van der Waals surface area (Å²) in [6.07, 6.45) is 15.7. The maximum atomic E-state index is 4.35. The topological polar surface area (TPSA) is 0 Å². The smallest absolute Gasteiger partial charge is 0.0166 e. The van der Waals surface area contributed by atoms with Crippen LogP contribution in [-0.4, -0.2) is 0 Å². The SMILES string of the molecule is C=C(CCC=C(C)C)C1CCC=C(CCC=C(C)C)C1. The molecule has 1 aliphatic carbocycles. The summed E-state index contributed by atoms with van der Waals surface area (Å²) in [4.78, 5) is 0. The van der Waals surface area contributed by atoms with Crippen molar-refractivity contribution in [1.29, 1.82) is 0 Å². The monoisotopic (exact) mass is 272 g/mol. The van der Waals surface area contributed by atoms with Crippen molar-refractivity contribution in [3.8, 4) is 0 Å². The molecule has 0 N–H and O–H groups in total. The molecule has 0 nitrogen and oxygen atoms in total. The lowest BCUT2D eigenvalue weighted by molar-refractivity contribution is 0.510. The molecule has 0 spiro atoms. The predicted molar refractivity (Wildman–Crippen MR) is 91.9 cm³/mol. The molecule has 0 saturated heterocycles. The molecule has 0 aromatic rings. The predicted octanol–water partition coefficient (Wildman–Crippen LogP) is 6.76. The van der Waals surface area contributed by atoms with Crippen LogP contribution in [0.15, 0.2) is 47.1 Å². The average Bonchev–Trinajstić information content (AvgIpc) is 2.38. The first-order valence-corrected chi connectivity index (χ1v) is 8.11. The Kier molecular flexibility index (Phi) is 7.65. The highest BCUT2D eigenvalue weighted by Crippen LogP contribution is 2.33. The average molecular weight is 272 g/mol. The first-order chi connectivity index (χ1) is 9.49. The van der Waals surface area contributed by atoms with Crippen LogP contribution in [0, 0.1) is 5.92 Å². The largest absolute Gasteiger partial charge is 0.0996 e. The minimum Gasteiger partial charge on any atom is -0.0996 e. The highest BCUT2D eigenvalue weighted by atomic mass is 14.2. The van der Waals surface area contributed by atoms with E-state index < -0.39 is 0 Å². The zero-order valence-electron chi connectivity index (χ0n) is 14.0. The maximum Gasteiger partial charge on any atom is -0.0166 e. The molecule has 1 atom stereocenters. The molecule has 20 heavy (non-hydrogen) atoms. The standard InChI is InChI=1S/C20H32/c1-16(2)9-6-11-18(5)20-14-8-13-19(15-20)12-7-10-17(3)4/h9-10,13,20H,5-8,11-12,14-15H2,1-4H3. The fourth-order valence-corrected chi connectivity index (χ4v) is 2.84. The van der Waals surface area contributed by atoms with Crippen LogP contribution >= 0.6 is 0 Å². The molecule has 0 heteroatoms. The Labute approximate surface area is 126 Å². The molecule has 0 radical (unpaired) electrons. The fraction of sp³-hybridized carbons (Fsp3) is 0.600. The minimum absolute atomic E-state index is 0.729. The summed E-state index contributed by atoms with van der Waals surface area (Å²) in [5.74, 6) is 0.729. The molecule has 1 rings (SSSR count). The third-order valence-corrected chi connectivity index (χ3v) is 4.07. The zero-order chi connectivity index (χ0) is 15.0. The van der Waals surface area contributed by atoms with Gasteiger partial charge >= 0.3 is 0 Å². The van der Waals surface area contributed by atoms with Gasteiger partial charge in [0.2, 0.25) is 0 Å².